The van der Waals surface area contributed by atoms with Crippen LogP contribution in [0.25, 0.3) is 0 Å². The Bertz CT molecular complexity index is 874. The molecule has 2 saturated heterocycles. The average molecular weight is 364 g/mol. The highest BCUT2D eigenvalue weighted by molar-refractivity contribution is 6.06. The number of carbonyl (C=O) groups excluding carboxylic acids is 2. The lowest BCUT2D eigenvalue weighted by Crippen LogP contribution is -2.28. The van der Waals surface area contributed by atoms with Crippen molar-refractivity contribution >= 4 is 29.0 Å². The first kappa shape index (κ1) is 17.4. The lowest BCUT2D eigenvalue weighted by molar-refractivity contribution is 0.102. The topological polar surface area (TPSA) is 64.7 Å². The van der Waals surface area contributed by atoms with Gasteiger partial charge < -0.3 is 15.5 Å². The van der Waals surface area contributed by atoms with E-state index in [0.29, 0.717) is 18.7 Å². The first-order valence-corrected chi connectivity index (χ1v) is 9.45. The maximum Gasteiger partial charge on any atom is 0.322 e. The van der Waals surface area contributed by atoms with Gasteiger partial charge >= 0.3 is 6.03 Å². The van der Waals surface area contributed by atoms with Crippen LogP contribution >= 0.6 is 0 Å². The predicted octanol–water partition coefficient (Wildman–Crippen LogP) is 3.38. The van der Waals surface area contributed by atoms with Crippen LogP contribution in [-0.4, -0.2) is 38.1 Å². The molecule has 0 aliphatic carbocycles. The number of nitrogens with zero attached hydrogens (tertiary/aromatic N) is 2. The fourth-order valence-corrected chi connectivity index (χ4v) is 3.81. The summed E-state index contributed by atoms with van der Waals surface area (Å²) in [6, 6.07) is 13.3. The fraction of sp³-hybridized carbons (Fsp3) is 0.333. The molecule has 3 amide bonds. The molecule has 2 aliphatic rings. The Balaban J connectivity index is 1.54. The van der Waals surface area contributed by atoms with E-state index in [1.807, 2.05) is 37.3 Å². The summed E-state index contributed by atoms with van der Waals surface area (Å²) in [7, 11) is 0. The van der Waals surface area contributed by atoms with Gasteiger partial charge in [-0.2, -0.15) is 0 Å². The monoisotopic (exact) mass is 364 g/mol. The van der Waals surface area contributed by atoms with Crippen LogP contribution in [0.4, 0.5) is 21.9 Å². The number of urea groups is 1. The number of para-hydroxylation sites is 2. The van der Waals surface area contributed by atoms with Crippen molar-refractivity contribution in [1.29, 1.82) is 0 Å². The van der Waals surface area contributed by atoms with Gasteiger partial charge in [-0.05, 0) is 55.7 Å². The minimum atomic E-state index is -0.137. The van der Waals surface area contributed by atoms with E-state index in [-0.39, 0.29) is 11.9 Å². The summed E-state index contributed by atoms with van der Waals surface area (Å²) in [6.45, 7) is 5.27. The van der Waals surface area contributed by atoms with Gasteiger partial charge in [0, 0.05) is 37.4 Å². The van der Waals surface area contributed by atoms with E-state index >= 15 is 0 Å². The molecule has 27 heavy (non-hydrogen) atoms. The third kappa shape index (κ3) is 3.47. The number of hydrogen-bond acceptors (Lipinski definition) is 3. The van der Waals surface area contributed by atoms with Gasteiger partial charge in [0.2, 0.25) is 0 Å². The molecular formula is C21H24N4O2. The molecule has 0 atom stereocenters. The van der Waals surface area contributed by atoms with Crippen molar-refractivity contribution in [1.82, 2.24) is 5.32 Å². The molecule has 4 rings (SSSR count). The van der Waals surface area contributed by atoms with Crippen molar-refractivity contribution in [2.45, 2.75) is 19.8 Å². The van der Waals surface area contributed by atoms with Gasteiger partial charge in [0.15, 0.2) is 0 Å². The molecule has 2 aliphatic heterocycles. The van der Waals surface area contributed by atoms with Crippen LogP contribution in [0.3, 0.4) is 0 Å². The summed E-state index contributed by atoms with van der Waals surface area (Å²) < 4.78 is 0. The standard InChI is InChI=1S/C21H24N4O2/c1-15-14-16(8-9-18(15)25-13-10-22-21(25)27)20(26)23-17-6-2-3-7-19(17)24-11-4-5-12-24/h2-3,6-9,14H,4-5,10-13H2,1H3,(H,22,27)(H,23,26). The zero-order valence-electron chi connectivity index (χ0n) is 15.5. The van der Waals surface area contributed by atoms with E-state index in [4.69, 9.17) is 0 Å². The molecule has 140 valence electrons. The molecule has 6 nitrogen and oxygen atoms in total. The molecule has 2 aromatic rings. The van der Waals surface area contributed by atoms with Crippen molar-refractivity contribution in [3.63, 3.8) is 0 Å². The number of benzene rings is 2. The van der Waals surface area contributed by atoms with Gasteiger partial charge in [-0.3, -0.25) is 9.69 Å². The number of anilines is 3. The lowest BCUT2D eigenvalue weighted by Gasteiger charge is -2.22. The maximum atomic E-state index is 12.8. The van der Waals surface area contributed by atoms with Gasteiger partial charge in [-0.1, -0.05) is 12.1 Å². The van der Waals surface area contributed by atoms with Crippen LogP contribution in [0.2, 0.25) is 0 Å². The minimum absolute atomic E-state index is 0.0881. The van der Waals surface area contributed by atoms with Gasteiger partial charge in [0.1, 0.15) is 0 Å². The van der Waals surface area contributed by atoms with E-state index in [1.165, 1.54) is 12.8 Å². The fourth-order valence-electron chi connectivity index (χ4n) is 3.81. The Labute approximate surface area is 159 Å². The first-order chi connectivity index (χ1) is 13.1. The Hall–Kier alpha value is -3.02. The summed E-state index contributed by atoms with van der Waals surface area (Å²) in [4.78, 5) is 28.7. The van der Waals surface area contributed by atoms with Crippen molar-refractivity contribution in [3.8, 4) is 0 Å². The number of nitrogens with one attached hydrogen (secondary N) is 2. The Morgan fingerprint density at radius 3 is 2.52 bits per heavy atom. The van der Waals surface area contributed by atoms with E-state index in [9.17, 15) is 9.59 Å². The van der Waals surface area contributed by atoms with Crippen molar-refractivity contribution in [2.24, 2.45) is 0 Å². The van der Waals surface area contributed by atoms with Gasteiger partial charge in [0.05, 0.1) is 11.4 Å². The molecule has 6 heteroatoms. The molecule has 0 unspecified atom stereocenters. The summed E-state index contributed by atoms with van der Waals surface area (Å²) in [6.07, 6.45) is 2.38. The maximum absolute atomic E-state index is 12.8. The number of carbonyl (C=O) groups is 2. The molecular weight excluding hydrogens is 340 g/mol. The number of rotatable bonds is 4. The third-order valence-electron chi connectivity index (χ3n) is 5.21. The highest BCUT2D eigenvalue weighted by Crippen LogP contribution is 2.29. The number of hydrogen-bond donors (Lipinski definition) is 2. The second kappa shape index (κ2) is 7.31. The van der Waals surface area contributed by atoms with Crippen molar-refractivity contribution in [3.05, 3.63) is 53.6 Å². The Morgan fingerprint density at radius 1 is 1.04 bits per heavy atom. The lowest BCUT2D eigenvalue weighted by atomic mass is 10.1. The van der Waals surface area contributed by atoms with Gasteiger partial charge in [0.25, 0.3) is 5.91 Å². The van der Waals surface area contributed by atoms with Crippen LogP contribution in [-0.2, 0) is 0 Å². The van der Waals surface area contributed by atoms with Gasteiger partial charge in [-0.25, -0.2) is 4.79 Å². The zero-order chi connectivity index (χ0) is 18.8. The quantitative estimate of drug-likeness (QED) is 0.874. The summed E-state index contributed by atoms with van der Waals surface area (Å²) >= 11 is 0. The smallest absolute Gasteiger partial charge is 0.322 e. The Morgan fingerprint density at radius 2 is 1.81 bits per heavy atom. The number of amides is 3. The first-order valence-electron chi connectivity index (χ1n) is 9.45. The van der Waals surface area contributed by atoms with Crippen molar-refractivity contribution in [2.75, 3.05) is 41.3 Å². The van der Waals surface area contributed by atoms with Crippen LogP contribution < -0.4 is 20.4 Å². The molecule has 2 fully saturated rings. The molecule has 0 saturated carbocycles. The number of aryl methyl sites for hydroxylation is 1. The highest BCUT2D eigenvalue weighted by atomic mass is 16.2. The summed E-state index contributed by atoms with van der Waals surface area (Å²) in [5.74, 6) is -0.137. The van der Waals surface area contributed by atoms with Crippen LogP contribution in [0.5, 0.6) is 0 Å². The van der Waals surface area contributed by atoms with Crippen LogP contribution in [0.1, 0.15) is 28.8 Å². The van der Waals surface area contributed by atoms with Gasteiger partial charge in [-0.15, -0.1) is 0 Å². The average Bonchev–Trinajstić information content (AvgIpc) is 3.34. The largest absolute Gasteiger partial charge is 0.370 e. The van der Waals surface area contributed by atoms with E-state index < -0.39 is 0 Å². The zero-order valence-corrected chi connectivity index (χ0v) is 15.5. The second-order valence-corrected chi connectivity index (χ2v) is 7.05. The highest BCUT2D eigenvalue weighted by Gasteiger charge is 2.23. The normalized spacial score (nSPS) is 16.6. The minimum Gasteiger partial charge on any atom is -0.370 e. The van der Waals surface area contributed by atoms with Crippen molar-refractivity contribution < 1.29 is 9.59 Å². The molecule has 0 aromatic heterocycles. The van der Waals surface area contributed by atoms with E-state index in [1.54, 1.807) is 11.0 Å². The van der Waals surface area contributed by atoms with Crippen LogP contribution in [0, 0.1) is 6.92 Å². The molecule has 2 N–H and O–H groups in total. The predicted molar refractivity (Wildman–Crippen MR) is 108 cm³/mol. The third-order valence-corrected chi connectivity index (χ3v) is 5.21. The van der Waals surface area contributed by atoms with E-state index in [0.717, 1.165) is 35.7 Å². The molecule has 2 heterocycles. The Kier molecular flexibility index (Phi) is 4.71. The molecule has 0 bridgehead atoms. The molecule has 2 aromatic carbocycles. The SMILES string of the molecule is Cc1cc(C(=O)Nc2ccccc2N2CCCC2)ccc1N1CCNC1=O. The van der Waals surface area contributed by atoms with Crippen LogP contribution in [0.15, 0.2) is 42.5 Å². The van der Waals surface area contributed by atoms with E-state index in [2.05, 4.69) is 21.6 Å². The summed E-state index contributed by atoms with van der Waals surface area (Å²) in [5, 5.41) is 5.86. The molecule has 0 spiro atoms. The summed E-state index contributed by atoms with van der Waals surface area (Å²) in [5.41, 5.74) is 4.26. The molecule has 0 radical (unpaired) electrons. The second-order valence-electron chi connectivity index (χ2n) is 7.05.